The molecular weight excluding hydrogens is 306 g/mol. The van der Waals surface area contributed by atoms with Crippen LogP contribution in [0.1, 0.15) is 5.56 Å². The minimum absolute atomic E-state index is 0. The van der Waals surface area contributed by atoms with Gasteiger partial charge in [0.15, 0.2) is 0 Å². The second-order valence-corrected chi connectivity index (χ2v) is 4.97. The van der Waals surface area contributed by atoms with Gasteiger partial charge in [0.25, 0.3) is 0 Å². The number of nitrogens with one attached hydrogen (secondary N) is 1. The van der Waals surface area contributed by atoms with E-state index in [2.05, 4.69) is 27.8 Å². The van der Waals surface area contributed by atoms with Crippen molar-refractivity contribution in [2.24, 2.45) is 0 Å². The summed E-state index contributed by atoms with van der Waals surface area (Å²) in [5.41, 5.74) is 0.989. The van der Waals surface area contributed by atoms with Crippen LogP contribution in [0, 0.1) is 6.92 Å². The molecule has 0 radical (unpaired) electrons. The molecule has 0 aromatic heterocycles. The molecule has 0 unspecified atom stereocenters. The van der Waals surface area contributed by atoms with E-state index in [1.807, 2.05) is 6.92 Å². The molecule has 9 heteroatoms. The zero-order valence-corrected chi connectivity index (χ0v) is 13.7. The van der Waals surface area contributed by atoms with E-state index in [0.717, 1.165) is 5.56 Å². The molecule has 0 heterocycles. The number of benzene rings is 1. The van der Waals surface area contributed by atoms with Crippen molar-refractivity contribution in [1.29, 1.82) is 0 Å². The van der Waals surface area contributed by atoms with Crippen molar-refractivity contribution in [2.45, 2.75) is 11.8 Å². The van der Waals surface area contributed by atoms with Crippen LogP contribution in [0.3, 0.4) is 0 Å². The maximum atomic E-state index is 11.0. The Kier molecular flexibility index (Phi) is 12.0. The van der Waals surface area contributed by atoms with E-state index in [0.29, 0.717) is 0 Å². The normalized spacial score (nSPS) is 9.75. The molecule has 0 aliphatic carbocycles. The first-order chi connectivity index (χ1) is 6.97. The third-order valence-corrected chi connectivity index (χ3v) is 3.00. The fourth-order valence-corrected chi connectivity index (χ4v) is 1.55. The maximum Gasteiger partial charge on any atom is 1.00 e. The summed E-state index contributed by atoms with van der Waals surface area (Å²) in [4.78, 5) is 0.114. The van der Waals surface area contributed by atoms with Crippen molar-refractivity contribution in [1.82, 2.24) is 4.35 Å². The number of aryl methyl sites for hydroxylation is 1. The summed E-state index contributed by atoms with van der Waals surface area (Å²) in [5.74, 6) is 0. The Balaban J connectivity index is 0. The summed E-state index contributed by atoms with van der Waals surface area (Å²) in [5, 5.41) is 0. The molecule has 0 amide bonds. The van der Waals surface area contributed by atoms with Crippen molar-refractivity contribution >= 4 is 45.4 Å². The zero-order chi connectivity index (χ0) is 11.9. The molecule has 1 N–H and O–H groups in total. The van der Waals surface area contributed by atoms with Crippen LogP contribution in [-0.4, -0.2) is 8.42 Å². The predicted molar refractivity (Wildman–Crippen MR) is 62.4 cm³/mol. The Morgan fingerprint density at radius 3 is 1.88 bits per heavy atom. The molecule has 0 bridgehead atoms. The molecule has 16 heavy (non-hydrogen) atoms. The van der Waals surface area contributed by atoms with Gasteiger partial charge in [-0.3, -0.25) is 11.8 Å². The summed E-state index contributed by atoms with van der Waals surface area (Å²) in [6, 6.07) is 6.32. The molecule has 4 nitrogen and oxygen atoms in total. The van der Waals surface area contributed by atoms with Crippen LogP contribution >= 0.6 is 35.3 Å². The number of hydrogen-bond acceptors (Lipinski definition) is 3. The molecule has 0 aliphatic heterocycles. The van der Waals surface area contributed by atoms with Gasteiger partial charge in [-0.2, -0.15) is 0 Å². The van der Waals surface area contributed by atoms with Gasteiger partial charge in [-0.25, -0.2) is 8.42 Å². The van der Waals surface area contributed by atoms with Gasteiger partial charge in [0, 0.05) is 4.90 Å². The quantitative estimate of drug-likeness (QED) is 0.622. The number of halogens is 3. The van der Waals surface area contributed by atoms with Crippen LogP contribution in [-0.2, 0) is 10.0 Å². The summed E-state index contributed by atoms with van der Waals surface area (Å²) < 4.78 is 26.5. The van der Waals surface area contributed by atoms with Crippen LogP contribution in [0.15, 0.2) is 29.2 Å². The van der Waals surface area contributed by atoms with E-state index in [9.17, 15) is 8.42 Å². The van der Waals surface area contributed by atoms with Crippen LogP contribution < -0.4 is 33.9 Å². The number of nitrogens with zero attached hydrogens (tertiary/aromatic N) is 1. The van der Waals surface area contributed by atoms with Gasteiger partial charge in [0.05, 0.1) is 0 Å². The fourth-order valence-electron chi connectivity index (χ4n) is 0.750. The first kappa shape index (κ1) is 19.3. The second kappa shape index (κ2) is 9.94. The summed E-state index contributed by atoms with van der Waals surface area (Å²) in [7, 11) is -3.62. The van der Waals surface area contributed by atoms with Crippen molar-refractivity contribution in [2.75, 3.05) is 0 Å². The van der Waals surface area contributed by atoms with Crippen LogP contribution in [0.25, 0.3) is 4.24 Å². The average molecular weight is 314 g/mol. The van der Waals surface area contributed by atoms with Crippen LogP contribution in [0.4, 0.5) is 0 Å². The van der Waals surface area contributed by atoms with Crippen LogP contribution in [0.5, 0.6) is 0 Å². The Labute approximate surface area is 132 Å². The van der Waals surface area contributed by atoms with E-state index < -0.39 is 10.0 Å². The van der Waals surface area contributed by atoms with Crippen LogP contribution in [0.2, 0.25) is 0 Å². The standard InChI is InChI=1S/C7H7ClNO2S.Cl2HN.Na/c1-6-2-4-7(5-3-6)12(10,11)9-8;1-3-2;/h2-5H,1H3;3H;/q-1;;+1. The van der Waals surface area contributed by atoms with Crippen molar-refractivity contribution in [3.8, 4) is 0 Å². The van der Waals surface area contributed by atoms with Gasteiger partial charge < -0.3 is 4.24 Å². The first-order valence-electron chi connectivity index (χ1n) is 3.59. The maximum absolute atomic E-state index is 11.0. The molecule has 1 aromatic rings. The Morgan fingerprint density at radius 2 is 1.56 bits per heavy atom. The Bertz CT molecular complexity index is 385. The summed E-state index contributed by atoms with van der Waals surface area (Å²) in [6.45, 7) is 1.87. The fraction of sp³-hybridized carbons (Fsp3) is 0.143. The third kappa shape index (κ3) is 7.32. The molecule has 1 aromatic carbocycles. The van der Waals surface area contributed by atoms with Gasteiger partial charge in [0.2, 0.25) is 0 Å². The molecule has 86 valence electrons. The van der Waals surface area contributed by atoms with E-state index in [-0.39, 0.29) is 34.5 Å². The number of rotatable bonds is 2. The molecular formula is C7H8Cl3N2NaO2S. The van der Waals surface area contributed by atoms with Crippen molar-refractivity contribution < 1.29 is 38.0 Å². The van der Waals surface area contributed by atoms with E-state index in [1.165, 1.54) is 12.1 Å². The number of hydrogen-bond donors (Lipinski definition) is 1. The first-order valence-corrected chi connectivity index (χ1v) is 6.12. The molecule has 0 saturated heterocycles. The minimum atomic E-state index is -3.62. The van der Waals surface area contributed by atoms with Gasteiger partial charge >= 0.3 is 29.6 Å². The van der Waals surface area contributed by atoms with Gasteiger partial charge in [-0.1, -0.05) is 17.7 Å². The molecule has 1 rings (SSSR count). The Hall–Kier alpha value is 0.960. The van der Waals surface area contributed by atoms with E-state index in [1.54, 1.807) is 16.5 Å². The smallest absolute Gasteiger partial charge is 0.458 e. The number of sulfonamides is 1. The predicted octanol–water partition coefficient (Wildman–Crippen LogP) is 0.0988. The SMILES string of the molecule is Cc1ccc(S(=O)(=O)[N-]Cl)cc1.ClNCl.[Na+]. The van der Waals surface area contributed by atoms with Gasteiger partial charge in [-0.05, 0) is 42.6 Å². The van der Waals surface area contributed by atoms with E-state index >= 15 is 0 Å². The minimum Gasteiger partial charge on any atom is -0.458 e. The van der Waals surface area contributed by atoms with Crippen molar-refractivity contribution in [3.05, 3.63) is 34.1 Å². The summed E-state index contributed by atoms with van der Waals surface area (Å²) in [6.07, 6.45) is 0. The molecule has 0 aliphatic rings. The zero-order valence-electron chi connectivity index (χ0n) is 8.62. The monoisotopic (exact) mass is 312 g/mol. The summed E-state index contributed by atoms with van der Waals surface area (Å²) >= 11 is 13.9. The van der Waals surface area contributed by atoms with Gasteiger partial charge in [-0.15, -0.1) is 4.35 Å². The topological polar surface area (TPSA) is 60.3 Å². The largest absolute Gasteiger partial charge is 1.00 e. The third-order valence-electron chi connectivity index (χ3n) is 1.41. The molecule has 0 fully saturated rings. The molecule has 0 saturated carbocycles. The average Bonchev–Trinajstić information content (AvgIpc) is 2.20. The Morgan fingerprint density at radius 1 is 1.19 bits per heavy atom. The van der Waals surface area contributed by atoms with E-state index in [4.69, 9.17) is 11.8 Å². The van der Waals surface area contributed by atoms with Crippen molar-refractivity contribution in [3.63, 3.8) is 0 Å². The molecule has 0 atom stereocenters. The molecule has 0 spiro atoms. The second-order valence-electron chi connectivity index (χ2n) is 2.43. The van der Waals surface area contributed by atoms with Gasteiger partial charge in [0.1, 0.15) is 10.0 Å².